The Morgan fingerprint density at radius 1 is 1.10 bits per heavy atom. The van der Waals surface area contributed by atoms with Gasteiger partial charge < -0.3 is 9.84 Å². The fourth-order valence-electron chi connectivity index (χ4n) is 2.01. The predicted octanol–water partition coefficient (Wildman–Crippen LogP) is 3.43. The lowest BCUT2D eigenvalue weighted by Crippen LogP contribution is -2.02. The number of aromatic nitrogens is 2. The molecule has 3 aromatic rings. The summed E-state index contributed by atoms with van der Waals surface area (Å²) in [5.41, 5.74) is 1.56. The summed E-state index contributed by atoms with van der Waals surface area (Å²) in [5, 5.41) is 9.96. The van der Waals surface area contributed by atoms with Crippen LogP contribution in [0.15, 0.2) is 48.8 Å². The molecule has 0 fully saturated rings. The van der Waals surface area contributed by atoms with Gasteiger partial charge in [-0.1, -0.05) is 12.1 Å². The minimum absolute atomic E-state index is 0.0225. The maximum absolute atomic E-state index is 11.4. The molecule has 0 aliphatic carbocycles. The normalized spacial score (nSPS) is 10.5. The van der Waals surface area contributed by atoms with Gasteiger partial charge in [0.05, 0.1) is 11.7 Å². The highest BCUT2D eigenvalue weighted by Gasteiger charge is 2.16. The van der Waals surface area contributed by atoms with Crippen LogP contribution in [0, 0.1) is 6.92 Å². The summed E-state index contributed by atoms with van der Waals surface area (Å²) in [7, 11) is 0. The average molecular weight is 280 g/mol. The van der Waals surface area contributed by atoms with Gasteiger partial charge in [-0.25, -0.2) is 4.79 Å². The molecule has 0 saturated heterocycles. The van der Waals surface area contributed by atoms with E-state index in [1.54, 1.807) is 30.5 Å². The number of hydrogen-bond acceptors (Lipinski definition) is 4. The number of nitrogens with zero attached hydrogens (tertiary/aromatic N) is 2. The van der Waals surface area contributed by atoms with Crippen molar-refractivity contribution in [1.29, 1.82) is 0 Å². The number of carbonyl (C=O) groups is 1. The van der Waals surface area contributed by atoms with E-state index in [1.165, 1.54) is 6.20 Å². The summed E-state index contributed by atoms with van der Waals surface area (Å²) < 4.78 is 5.76. The highest BCUT2D eigenvalue weighted by molar-refractivity contribution is 5.98. The molecule has 2 aromatic heterocycles. The number of hydrogen-bond donors (Lipinski definition) is 1. The van der Waals surface area contributed by atoms with Crippen LogP contribution in [-0.2, 0) is 0 Å². The van der Waals surface area contributed by atoms with Gasteiger partial charge in [-0.05, 0) is 31.2 Å². The number of fused-ring (bicyclic) bond motifs is 1. The first-order chi connectivity index (χ1) is 10.1. The summed E-state index contributed by atoms with van der Waals surface area (Å²) >= 11 is 0. The molecule has 0 aliphatic rings. The number of aromatic carboxylic acids is 1. The molecule has 0 unspecified atom stereocenters. The molecule has 0 aliphatic heterocycles. The predicted molar refractivity (Wildman–Crippen MR) is 77.8 cm³/mol. The van der Waals surface area contributed by atoms with E-state index >= 15 is 0 Å². The molecule has 5 heteroatoms. The minimum atomic E-state index is -1.08. The van der Waals surface area contributed by atoms with Crippen molar-refractivity contribution in [2.75, 3.05) is 0 Å². The topological polar surface area (TPSA) is 72.3 Å². The Kier molecular flexibility index (Phi) is 3.23. The second-order valence-corrected chi connectivity index (χ2v) is 4.56. The summed E-state index contributed by atoms with van der Waals surface area (Å²) in [6.45, 7) is 1.87. The number of para-hydroxylation sites is 1. The maximum atomic E-state index is 11.4. The Morgan fingerprint density at radius 3 is 2.62 bits per heavy atom. The van der Waals surface area contributed by atoms with Crippen LogP contribution >= 0.6 is 0 Å². The largest absolute Gasteiger partial charge is 0.477 e. The Bertz CT molecular complexity index is 813. The lowest BCUT2D eigenvalue weighted by Gasteiger charge is -2.11. The van der Waals surface area contributed by atoms with E-state index in [1.807, 2.05) is 19.1 Å². The van der Waals surface area contributed by atoms with Crippen molar-refractivity contribution in [2.24, 2.45) is 0 Å². The fourth-order valence-corrected chi connectivity index (χ4v) is 2.01. The molecule has 0 atom stereocenters. The van der Waals surface area contributed by atoms with E-state index in [-0.39, 0.29) is 11.3 Å². The van der Waals surface area contributed by atoms with Crippen LogP contribution in [0.25, 0.3) is 10.9 Å². The molecule has 104 valence electrons. The van der Waals surface area contributed by atoms with Crippen molar-refractivity contribution in [1.82, 2.24) is 9.97 Å². The number of carboxylic acid groups (broad SMARTS) is 1. The number of rotatable bonds is 3. The van der Waals surface area contributed by atoms with Crippen LogP contribution in [0.1, 0.15) is 16.1 Å². The molecule has 1 N–H and O–H groups in total. The standard InChI is InChI=1S/C16H12N2O3/c1-10-6-7-11(8-17-10)21-15-12-4-2-3-5-14(12)18-9-13(15)16(19)20/h2-9H,1H3,(H,19,20). The van der Waals surface area contributed by atoms with Crippen molar-refractivity contribution in [3.63, 3.8) is 0 Å². The Morgan fingerprint density at radius 2 is 1.90 bits per heavy atom. The van der Waals surface area contributed by atoms with E-state index in [0.29, 0.717) is 16.7 Å². The van der Waals surface area contributed by atoms with Crippen molar-refractivity contribution in [2.45, 2.75) is 6.92 Å². The van der Waals surface area contributed by atoms with E-state index in [4.69, 9.17) is 4.74 Å². The molecule has 0 radical (unpaired) electrons. The van der Waals surface area contributed by atoms with Crippen molar-refractivity contribution in [3.8, 4) is 11.5 Å². The molecule has 0 amide bonds. The zero-order valence-electron chi connectivity index (χ0n) is 11.3. The Labute approximate surface area is 120 Å². The molecule has 1 aromatic carbocycles. The second kappa shape index (κ2) is 5.20. The van der Waals surface area contributed by atoms with E-state index in [2.05, 4.69) is 9.97 Å². The van der Waals surface area contributed by atoms with Crippen molar-refractivity contribution >= 4 is 16.9 Å². The van der Waals surface area contributed by atoms with Gasteiger partial charge in [-0.3, -0.25) is 9.97 Å². The van der Waals surface area contributed by atoms with Crippen LogP contribution in [0.3, 0.4) is 0 Å². The van der Waals surface area contributed by atoms with Gasteiger partial charge in [0.1, 0.15) is 11.3 Å². The van der Waals surface area contributed by atoms with Crippen LogP contribution in [0.5, 0.6) is 11.5 Å². The Balaban J connectivity index is 2.16. The summed E-state index contributed by atoms with van der Waals surface area (Å²) in [4.78, 5) is 19.7. The minimum Gasteiger partial charge on any atom is -0.477 e. The van der Waals surface area contributed by atoms with Crippen LogP contribution in [0.4, 0.5) is 0 Å². The maximum Gasteiger partial charge on any atom is 0.341 e. The van der Waals surface area contributed by atoms with Gasteiger partial charge in [0.2, 0.25) is 0 Å². The third-order valence-corrected chi connectivity index (χ3v) is 3.06. The molecule has 0 spiro atoms. The van der Waals surface area contributed by atoms with Crippen LogP contribution < -0.4 is 4.74 Å². The van der Waals surface area contributed by atoms with E-state index in [9.17, 15) is 9.90 Å². The van der Waals surface area contributed by atoms with Crippen molar-refractivity contribution in [3.05, 3.63) is 60.0 Å². The van der Waals surface area contributed by atoms with Gasteiger partial charge >= 0.3 is 5.97 Å². The van der Waals surface area contributed by atoms with Gasteiger partial charge in [0.25, 0.3) is 0 Å². The molecule has 5 nitrogen and oxygen atoms in total. The molecular weight excluding hydrogens is 268 g/mol. The van der Waals surface area contributed by atoms with Crippen molar-refractivity contribution < 1.29 is 14.6 Å². The number of benzene rings is 1. The third-order valence-electron chi connectivity index (χ3n) is 3.06. The van der Waals surface area contributed by atoms with Gasteiger partial charge in [-0.2, -0.15) is 0 Å². The first-order valence-corrected chi connectivity index (χ1v) is 6.36. The first kappa shape index (κ1) is 13.1. The molecule has 3 rings (SSSR count). The average Bonchev–Trinajstić information content (AvgIpc) is 2.49. The summed E-state index contributed by atoms with van der Waals surface area (Å²) in [6, 6.07) is 10.8. The highest BCUT2D eigenvalue weighted by atomic mass is 16.5. The molecule has 21 heavy (non-hydrogen) atoms. The second-order valence-electron chi connectivity index (χ2n) is 4.56. The first-order valence-electron chi connectivity index (χ1n) is 6.36. The van der Waals surface area contributed by atoms with Crippen LogP contribution in [-0.4, -0.2) is 21.0 Å². The lowest BCUT2D eigenvalue weighted by molar-refractivity contribution is 0.0694. The molecule has 0 saturated carbocycles. The Hall–Kier alpha value is -2.95. The summed E-state index contributed by atoms with van der Waals surface area (Å²) in [6.07, 6.45) is 2.87. The van der Waals surface area contributed by atoms with Gasteiger partial charge in [-0.15, -0.1) is 0 Å². The number of carboxylic acids is 1. The summed E-state index contributed by atoms with van der Waals surface area (Å²) in [5.74, 6) is -0.318. The lowest BCUT2D eigenvalue weighted by atomic mass is 10.1. The number of ether oxygens (including phenoxy) is 1. The molecule has 0 bridgehead atoms. The highest BCUT2D eigenvalue weighted by Crippen LogP contribution is 2.32. The fraction of sp³-hybridized carbons (Fsp3) is 0.0625. The quantitative estimate of drug-likeness (QED) is 0.795. The smallest absolute Gasteiger partial charge is 0.341 e. The zero-order chi connectivity index (χ0) is 14.8. The van der Waals surface area contributed by atoms with Crippen LogP contribution in [0.2, 0.25) is 0 Å². The monoisotopic (exact) mass is 280 g/mol. The zero-order valence-corrected chi connectivity index (χ0v) is 11.3. The van der Waals surface area contributed by atoms with E-state index in [0.717, 1.165) is 5.69 Å². The van der Waals surface area contributed by atoms with Gasteiger partial charge in [0, 0.05) is 17.3 Å². The van der Waals surface area contributed by atoms with Gasteiger partial charge in [0.15, 0.2) is 5.75 Å². The van der Waals surface area contributed by atoms with E-state index < -0.39 is 5.97 Å². The number of pyridine rings is 2. The molecule has 2 heterocycles. The number of aryl methyl sites for hydroxylation is 1. The third kappa shape index (κ3) is 2.53. The molecular formula is C16H12N2O3. The SMILES string of the molecule is Cc1ccc(Oc2c(C(=O)O)cnc3ccccc23)cn1.